The lowest BCUT2D eigenvalue weighted by Crippen LogP contribution is -2.17. The molecule has 0 unspecified atom stereocenters. The number of hydrogen-bond acceptors (Lipinski definition) is 5. The van der Waals surface area contributed by atoms with Gasteiger partial charge in [0.15, 0.2) is 0 Å². The van der Waals surface area contributed by atoms with E-state index in [1.54, 1.807) is 48.7 Å². The number of nitrogens with zero attached hydrogens (tertiary/aromatic N) is 2. The highest BCUT2D eigenvalue weighted by atomic mass is 16.5. The second kappa shape index (κ2) is 9.17. The molecule has 0 aliphatic rings. The summed E-state index contributed by atoms with van der Waals surface area (Å²) in [7, 11) is 1.54. The summed E-state index contributed by atoms with van der Waals surface area (Å²) in [5, 5.41) is 22.7. The number of benzene rings is 2. The van der Waals surface area contributed by atoms with Crippen LogP contribution in [0.1, 0.15) is 48.0 Å². The maximum absolute atomic E-state index is 12.2. The van der Waals surface area contributed by atoms with E-state index in [9.17, 15) is 24.6 Å². The summed E-state index contributed by atoms with van der Waals surface area (Å²) >= 11 is 0. The SMILES string of the molecule is COc1ccc(C(=O)N/N=C\c2cc(C)n(-c3cc(C(=O)O)cc(C(=O)O)c3)c2C)cc1. The number of rotatable bonds is 7. The van der Waals surface area contributed by atoms with Gasteiger partial charge in [0.05, 0.1) is 24.5 Å². The summed E-state index contributed by atoms with van der Waals surface area (Å²) in [4.78, 5) is 35.1. The number of carbonyl (C=O) groups excluding carboxylic acids is 1. The molecule has 3 rings (SSSR count). The van der Waals surface area contributed by atoms with Gasteiger partial charge in [-0.1, -0.05) is 0 Å². The summed E-state index contributed by atoms with van der Waals surface area (Å²) in [6.07, 6.45) is 1.47. The molecule has 1 aromatic heterocycles. The lowest BCUT2D eigenvalue weighted by molar-refractivity contribution is 0.0696. The van der Waals surface area contributed by atoms with E-state index in [-0.39, 0.29) is 11.1 Å². The molecule has 1 heterocycles. The third-order valence-corrected chi connectivity index (χ3v) is 4.86. The average molecular weight is 435 g/mol. The van der Waals surface area contributed by atoms with Crippen LogP contribution >= 0.6 is 0 Å². The van der Waals surface area contributed by atoms with Crippen LogP contribution in [-0.2, 0) is 0 Å². The van der Waals surface area contributed by atoms with Gasteiger partial charge >= 0.3 is 11.9 Å². The van der Waals surface area contributed by atoms with E-state index >= 15 is 0 Å². The Balaban J connectivity index is 1.87. The predicted octanol–water partition coefficient (Wildman–Crippen LogP) is 3.26. The Labute approximate surface area is 183 Å². The fourth-order valence-electron chi connectivity index (χ4n) is 3.27. The van der Waals surface area contributed by atoms with Crippen molar-refractivity contribution in [2.75, 3.05) is 7.11 Å². The van der Waals surface area contributed by atoms with Crippen molar-refractivity contribution in [2.45, 2.75) is 13.8 Å². The van der Waals surface area contributed by atoms with Crippen molar-refractivity contribution >= 4 is 24.1 Å². The topological polar surface area (TPSA) is 130 Å². The number of aromatic carboxylic acids is 2. The van der Waals surface area contributed by atoms with E-state index in [1.807, 2.05) is 0 Å². The third-order valence-electron chi connectivity index (χ3n) is 4.86. The molecule has 0 saturated heterocycles. The minimum Gasteiger partial charge on any atom is -0.497 e. The summed E-state index contributed by atoms with van der Waals surface area (Å²) in [5.41, 5.74) is 5.13. The van der Waals surface area contributed by atoms with Crippen LogP contribution in [0.4, 0.5) is 0 Å². The number of nitrogens with one attached hydrogen (secondary N) is 1. The average Bonchev–Trinajstić information content (AvgIpc) is 3.06. The second-order valence-corrected chi connectivity index (χ2v) is 6.97. The fraction of sp³-hybridized carbons (Fsp3) is 0.130. The van der Waals surface area contributed by atoms with Gasteiger partial charge in [-0.15, -0.1) is 0 Å². The number of carboxylic acids is 2. The van der Waals surface area contributed by atoms with Gasteiger partial charge in [-0.2, -0.15) is 5.10 Å². The van der Waals surface area contributed by atoms with E-state index in [2.05, 4.69) is 10.5 Å². The Morgan fingerprint density at radius 3 is 2.06 bits per heavy atom. The van der Waals surface area contributed by atoms with Gasteiger partial charge in [0.1, 0.15) is 5.75 Å². The fourth-order valence-corrected chi connectivity index (χ4v) is 3.27. The zero-order valence-electron chi connectivity index (χ0n) is 17.6. The molecular formula is C23H21N3O6. The van der Waals surface area contributed by atoms with Crippen LogP contribution in [0.2, 0.25) is 0 Å². The number of carboxylic acid groups (broad SMARTS) is 2. The van der Waals surface area contributed by atoms with Crippen molar-refractivity contribution in [2.24, 2.45) is 5.10 Å². The van der Waals surface area contributed by atoms with Gasteiger partial charge in [0.2, 0.25) is 0 Å². The van der Waals surface area contributed by atoms with Crippen molar-refractivity contribution in [1.82, 2.24) is 9.99 Å². The number of aryl methyl sites for hydroxylation is 1. The van der Waals surface area contributed by atoms with Gasteiger partial charge in [0, 0.05) is 28.2 Å². The Hall–Kier alpha value is -4.40. The van der Waals surface area contributed by atoms with Crippen molar-refractivity contribution in [1.29, 1.82) is 0 Å². The first-order valence-corrected chi connectivity index (χ1v) is 9.49. The highest BCUT2D eigenvalue weighted by molar-refractivity contribution is 5.96. The minimum absolute atomic E-state index is 0.130. The quantitative estimate of drug-likeness (QED) is 0.386. The van der Waals surface area contributed by atoms with Gasteiger partial charge in [-0.25, -0.2) is 15.0 Å². The Bertz CT molecular complexity index is 1190. The van der Waals surface area contributed by atoms with Crippen LogP contribution in [-0.4, -0.2) is 46.0 Å². The zero-order valence-corrected chi connectivity index (χ0v) is 17.6. The van der Waals surface area contributed by atoms with Crippen LogP contribution in [0.3, 0.4) is 0 Å². The number of carbonyl (C=O) groups is 3. The normalized spacial score (nSPS) is 10.8. The predicted molar refractivity (Wildman–Crippen MR) is 117 cm³/mol. The molecule has 0 bridgehead atoms. The zero-order chi connectivity index (χ0) is 23.4. The molecule has 0 saturated carbocycles. The summed E-state index contributed by atoms with van der Waals surface area (Å²) in [5.74, 6) is -2.20. The molecule has 9 nitrogen and oxygen atoms in total. The number of aromatic nitrogens is 1. The molecule has 0 fully saturated rings. The third kappa shape index (κ3) is 4.67. The first-order chi connectivity index (χ1) is 15.2. The van der Waals surface area contributed by atoms with E-state index in [0.29, 0.717) is 28.3 Å². The summed E-state index contributed by atoms with van der Waals surface area (Å²) < 4.78 is 6.79. The highest BCUT2D eigenvalue weighted by Gasteiger charge is 2.16. The first kappa shape index (κ1) is 22.3. The summed E-state index contributed by atoms with van der Waals surface area (Å²) in [6.45, 7) is 3.59. The Kier molecular flexibility index (Phi) is 6.39. The molecule has 3 aromatic rings. The maximum Gasteiger partial charge on any atom is 0.335 e. The molecular weight excluding hydrogens is 414 g/mol. The van der Waals surface area contributed by atoms with Crippen molar-refractivity contribution in [3.8, 4) is 11.4 Å². The highest BCUT2D eigenvalue weighted by Crippen LogP contribution is 2.22. The first-order valence-electron chi connectivity index (χ1n) is 9.49. The van der Waals surface area contributed by atoms with Crippen LogP contribution in [0, 0.1) is 13.8 Å². The lowest BCUT2D eigenvalue weighted by atomic mass is 10.1. The molecule has 9 heteroatoms. The molecule has 32 heavy (non-hydrogen) atoms. The van der Waals surface area contributed by atoms with Crippen LogP contribution < -0.4 is 10.2 Å². The molecule has 2 aromatic carbocycles. The van der Waals surface area contributed by atoms with Crippen molar-refractivity contribution in [3.05, 3.63) is 82.2 Å². The monoisotopic (exact) mass is 435 g/mol. The van der Waals surface area contributed by atoms with Crippen LogP contribution in [0.25, 0.3) is 5.69 Å². The van der Waals surface area contributed by atoms with Crippen LogP contribution in [0.5, 0.6) is 5.75 Å². The second-order valence-electron chi connectivity index (χ2n) is 6.97. The molecule has 0 atom stereocenters. The van der Waals surface area contributed by atoms with Crippen molar-refractivity contribution in [3.63, 3.8) is 0 Å². The number of amides is 1. The number of hydrogen-bond donors (Lipinski definition) is 3. The molecule has 3 N–H and O–H groups in total. The standard InChI is InChI=1S/C23H21N3O6/c1-13-8-18(12-24-25-21(27)15-4-6-20(32-3)7-5-15)14(2)26(13)19-10-16(22(28)29)9-17(11-19)23(30)31/h4-12H,1-3H3,(H,25,27)(H,28,29)(H,30,31)/b24-12-. The maximum atomic E-state index is 12.2. The van der Waals surface area contributed by atoms with E-state index in [4.69, 9.17) is 4.74 Å². The molecule has 0 aliphatic carbocycles. The van der Waals surface area contributed by atoms with Gasteiger partial charge < -0.3 is 19.5 Å². The van der Waals surface area contributed by atoms with E-state index < -0.39 is 17.8 Å². The number of ether oxygens (including phenoxy) is 1. The smallest absolute Gasteiger partial charge is 0.335 e. The Morgan fingerprint density at radius 1 is 0.938 bits per heavy atom. The Morgan fingerprint density at radius 2 is 1.53 bits per heavy atom. The molecule has 164 valence electrons. The van der Waals surface area contributed by atoms with Crippen molar-refractivity contribution < 1.29 is 29.3 Å². The van der Waals surface area contributed by atoms with Gasteiger partial charge in [0.25, 0.3) is 5.91 Å². The lowest BCUT2D eigenvalue weighted by Gasteiger charge is -2.12. The molecule has 0 radical (unpaired) electrons. The minimum atomic E-state index is -1.22. The number of methoxy groups -OCH3 is 1. The summed E-state index contributed by atoms with van der Waals surface area (Å²) in [6, 6.07) is 12.3. The molecule has 0 spiro atoms. The van der Waals surface area contributed by atoms with Crippen LogP contribution in [0.15, 0.2) is 53.6 Å². The van der Waals surface area contributed by atoms with E-state index in [0.717, 1.165) is 11.8 Å². The van der Waals surface area contributed by atoms with Gasteiger partial charge in [-0.05, 0) is 62.4 Å². The molecule has 0 aliphatic heterocycles. The molecule has 1 amide bonds. The number of hydrazone groups is 1. The van der Waals surface area contributed by atoms with Gasteiger partial charge in [-0.3, -0.25) is 4.79 Å². The van der Waals surface area contributed by atoms with E-state index in [1.165, 1.54) is 25.5 Å². The largest absolute Gasteiger partial charge is 0.497 e.